The molecule has 3 aliphatic heterocycles. The van der Waals surface area contributed by atoms with Crippen LogP contribution in [0.5, 0.6) is 11.5 Å². The van der Waals surface area contributed by atoms with Crippen LogP contribution in [0.3, 0.4) is 0 Å². The van der Waals surface area contributed by atoms with Crippen molar-refractivity contribution in [3.63, 3.8) is 0 Å². The van der Waals surface area contributed by atoms with Crippen molar-refractivity contribution in [1.29, 1.82) is 0 Å². The van der Waals surface area contributed by atoms with Gasteiger partial charge in [0.05, 0.1) is 18.4 Å². The predicted molar refractivity (Wildman–Crippen MR) is 139 cm³/mol. The number of carbonyl (C=O) groups is 2. The number of nitrogens with one attached hydrogen (secondary N) is 2. The summed E-state index contributed by atoms with van der Waals surface area (Å²) in [4.78, 5) is 30.7. The third kappa shape index (κ3) is 4.59. The van der Waals surface area contributed by atoms with Gasteiger partial charge in [0.1, 0.15) is 11.6 Å². The number of methoxy groups -OCH3 is 1. The molecule has 0 unspecified atom stereocenters. The SMILES string of the molecule is COc1cc2c(c3c1OC(C)(C)C3)C(c1cccc(C(=O)N[C@H]3CCCCNC3=O)c1)=NC(C)(C)C2. The predicted octanol–water partition coefficient (Wildman–Crippen LogP) is 3.98. The topological polar surface area (TPSA) is 89.0 Å². The summed E-state index contributed by atoms with van der Waals surface area (Å²) in [5.74, 6) is 1.17. The van der Waals surface area contributed by atoms with E-state index in [0.29, 0.717) is 18.5 Å². The van der Waals surface area contributed by atoms with Gasteiger partial charge in [-0.1, -0.05) is 12.1 Å². The summed E-state index contributed by atoms with van der Waals surface area (Å²) in [6, 6.07) is 9.11. The van der Waals surface area contributed by atoms with E-state index in [2.05, 4.69) is 44.4 Å². The van der Waals surface area contributed by atoms with Crippen LogP contribution in [0.1, 0.15) is 79.6 Å². The summed E-state index contributed by atoms with van der Waals surface area (Å²) in [5.41, 5.74) is 4.95. The average Bonchev–Trinajstić information content (AvgIpc) is 3.02. The number of ether oxygens (including phenoxy) is 2. The Morgan fingerprint density at radius 1 is 1.17 bits per heavy atom. The Kier molecular flexibility index (Phi) is 6.05. The van der Waals surface area contributed by atoms with Crippen LogP contribution in [-0.2, 0) is 17.6 Å². The zero-order valence-corrected chi connectivity index (χ0v) is 21.8. The lowest BCUT2D eigenvalue weighted by Gasteiger charge is -2.31. The first-order valence-corrected chi connectivity index (χ1v) is 12.8. The lowest BCUT2D eigenvalue weighted by atomic mass is 9.80. The minimum absolute atomic E-state index is 0.114. The maximum absolute atomic E-state index is 13.2. The van der Waals surface area contributed by atoms with Gasteiger partial charge in [-0.15, -0.1) is 0 Å². The molecule has 3 aliphatic rings. The number of benzene rings is 2. The third-order valence-electron chi connectivity index (χ3n) is 7.14. The second-order valence-electron chi connectivity index (χ2n) is 11.3. The molecule has 2 N–H and O–H groups in total. The van der Waals surface area contributed by atoms with E-state index in [1.807, 2.05) is 18.2 Å². The molecule has 7 heteroatoms. The van der Waals surface area contributed by atoms with E-state index >= 15 is 0 Å². The molecule has 0 radical (unpaired) electrons. The highest BCUT2D eigenvalue weighted by molar-refractivity contribution is 6.17. The Morgan fingerprint density at radius 3 is 2.75 bits per heavy atom. The first-order chi connectivity index (χ1) is 17.1. The van der Waals surface area contributed by atoms with Crippen LogP contribution in [0.15, 0.2) is 35.3 Å². The van der Waals surface area contributed by atoms with Crippen molar-refractivity contribution < 1.29 is 19.1 Å². The summed E-state index contributed by atoms with van der Waals surface area (Å²) in [6.45, 7) is 9.06. The molecule has 1 atom stereocenters. The quantitative estimate of drug-likeness (QED) is 0.680. The third-order valence-corrected chi connectivity index (χ3v) is 7.14. The zero-order chi connectivity index (χ0) is 25.7. The van der Waals surface area contributed by atoms with Gasteiger partial charge in [0, 0.05) is 35.2 Å². The Hall–Kier alpha value is -3.35. The minimum atomic E-state index is -0.509. The first kappa shape index (κ1) is 24.3. The standard InChI is InChI=1S/C29H35N3O4/c1-28(2)15-19-14-22(35-5)25-20(16-29(3,4)36-25)23(19)24(32-28)17-9-8-10-18(13-17)26(33)31-21-11-6-7-12-30-27(21)34/h8-10,13-14,21H,6-7,11-12,15-16H2,1-5H3,(H,30,34)(H,31,33)/t21-/m0/s1. The van der Waals surface area contributed by atoms with E-state index in [9.17, 15) is 9.59 Å². The zero-order valence-electron chi connectivity index (χ0n) is 21.8. The van der Waals surface area contributed by atoms with Crippen molar-refractivity contribution in [2.45, 2.75) is 77.0 Å². The molecule has 1 fully saturated rings. The van der Waals surface area contributed by atoms with Gasteiger partial charge >= 0.3 is 0 Å². The van der Waals surface area contributed by atoms with Crippen molar-refractivity contribution in [2.75, 3.05) is 13.7 Å². The number of fused-ring (bicyclic) bond motifs is 3. The van der Waals surface area contributed by atoms with E-state index in [4.69, 9.17) is 14.5 Å². The van der Waals surface area contributed by atoms with E-state index in [-0.39, 0.29) is 23.0 Å². The van der Waals surface area contributed by atoms with Crippen LogP contribution < -0.4 is 20.1 Å². The fourth-order valence-corrected chi connectivity index (χ4v) is 5.56. The van der Waals surface area contributed by atoms with Crippen LogP contribution in [-0.4, -0.2) is 48.4 Å². The summed E-state index contributed by atoms with van der Waals surface area (Å²) < 4.78 is 12.0. The minimum Gasteiger partial charge on any atom is -0.493 e. The van der Waals surface area contributed by atoms with E-state index in [1.54, 1.807) is 13.2 Å². The maximum atomic E-state index is 13.2. The van der Waals surface area contributed by atoms with Crippen LogP contribution in [0.25, 0.3) is 0 Å². The van der Waals surface area contributed by atoms with Crippen molar-refractivity contribution >= 4 is 17.5 Å². The van der Waals surface area contributed by atoms with Gasteiger partial charge in [-0.25, -0.2) is 0 Å². The highest BCUT2D eigenvalue weighted by atomic mass is 16.5. The summed E-state index contributed by atoms with van der Waals surface area (Å²) in [5, 5.41) is 5.81. The molecule has 0 aliphatic carbocycles. The Bertz CT molecular complexity index is 1260. The monoisotopic (exact) mass is 489 g/mol. The molecule has 0 saturated carbocycles. The summed E-state index contributed by atoms with van der Waals surface area (Å²) in [6.07, 6.45) is 4.01. The fourth-order valence-electron chi connectivity index (χ4n) is 5.56. The largest absolute Gasteiger partial charge is 0.493 e. The van der Waals surface area contributed by atoms with Crippen LogP contribution in [0.4, 0.5) is 0 Å². The van der Waals surface area contributed by atoms with Gasteiger partial charge in [0.15, 0.2) is 11.5 Å². The number of rotatable bonds is 4. The maximum Gasteiger partial charge on any atom is 0.251 e. The molecule has 190 valence electrons. The lowest BCUT2D eigenvalue weighted by molar-refractivity contribution is -0.122. The van der Waals surface area contributed by atoms with Crippen LogP contribution >= 0.6 is 0 Å². The van der Waals surface area contributed by atoms with Gasteiger partial charge < -0.3 is 20.1 Å². The molecule has 36 heavy (non-hydrogen) atoms. The number of amides is 2. The van der Waals surface area contributed by atoms with E-state index in [0.717, 1.165) is 59.6 Å². The molecule has 0 spiro atoms. The first-order valence-electron chi connectivity index (χ1n) is 12.8. The van der Waals surface area contributed by atoms with Gasteiger partial charge in [-0.2, -0.15) is 0 Å². The lowest BCUT2D eigenvalue weighted by Crippen LogP contribution is -2.45. The molecule has 2 aromatic carbocycles. The number of nitrogens with zero attached hydrogens (tertiary/aromatic N) is 1. The highest BCUT2D eigenvalue weighted by Gasteiger charge is 2.39. The van der Waals surface area contributed by atoms with Crippen molar-refractivity contribution in [3.8, 4) is 11.5 Å². The normalized spacial score (nSPS) is 21.8. The Morgan fingerprint density at radius 2 is 1.97 bits per heavy atom. The van der Waals surface area contributed by atoms with Crippen molar-refractivity contribution in [1.82, 2.24) is 10.6 Å². The van der Waals surface area contributed by atoms with Gasteiger partial charge in [-0.3, -0.25) is 14.6 Å². The van der Waals surface area contributed by atoms with E-state index in [1.165, 1.54) is 5.56 Å². The molecule has 2 aromatic rings. The second kappa shape index (κ2) is 8.95. The van der Waals surface area contributed by atoms with Gasteiger partial charge in [0.2, 0.25) is 5.91 Å². The molecular formula is C29H35N3O4. The number of carbonyl (C=O) groups excluding carboxylic acids is 2. The summed E-state index contributed by atoms with van der Waals surface area (Å²) in [7, 11) is 1.68. The Balaban J connectivity index is 1.54. The molecule has 5 rings (SSSR count). The Labute approximate surface area is 212 Å². The van der Waals surface area contributed by atoms with Crippen LogP contribution in [0, 0.1) is 0 Å². The molecular weight excluding hydrogens is 454 g/mol. The molecule has 1 saturated heterocycles. The molecule has 0 aromatic heterocycles. The highest BCUT2D eigenvalue weighted by Crippen LogP contribution is 2.47. The summed E-state index contributed by atoms with van der Waals surface area (Å²) >= 11 is 0. The molecule has 2 amide bonds. The molecule has 0 bridgehead atoms. The van der Waals surface area contributed by atoms with Crippen molar-refractivity contribution in [2.24, 2.45) is 4.99 Å². The molecule has 7 nitrogen and oxygen atoms in total. The average molecular weight is 490 g/mol. The smallest absolute Gasteiger partial charge is 0.251 e. The number of hydrogen-bond acceptors (Lipinski definition) is 5. The van der Waals surface area contributed by atoms with Crippen molar-refractivity contribution in [3.05, 3.63) is 58.1 Å². The number of aliphatic imine (C=N–C) groups is 1. The fraction of sp³-hybridized carbons (Fsp3) is 0.483. The number of hydrogen-bond donors (Lipinski definition) is 2. The van der Waals surface area contributed by atoms with E-state index < -0.39 is 6.04 Å². The van der Waals surface area contributed by atoms with Crippen LogP contribution in [0.2, 0.25) is 0 Å². The van der Waals surface area contributed by atoms with Gasteiger partial charge in [-0.05, 0) is 77.1 Å². The molecule has 3 heterocycles. The second-order valence-corrected chi connectivity index (χ2v) is 11.3. The van der Waals surface area contributed by atoms with Gasteiger partial charge in [0.25, 0.3) is 5.91 Å².